The van der Waals surface area contributed by atoms with Crippen molar-refractivity contribution in [3.63, 3.8) is 0 Å². The van der Waals surface area contributed by atoms with E-state index < -0.39 is 17.7 Å². The van der Waals surface area contributed by atoms with Gasteiger partial charge in [-0.2, -0.15) is 5.26 Å². The van der Waals surface area contributed by atoms with Gasteiger partial charge < -0.3 is 19.5 Å². The molecular weight excluding hydrogens is 308 g/mol. The highest BCUT2D eigenvalue weighted by Gasteiger charge is 2.44. The highest BCUT2D eigenvalue weighted by molar-refractivity contribution is 5.46. The Labute approximate surface area is 139 Å². The lowest BCUT2D eigenvalue weighted by Crippen LogP contribution is -2.52. The SMILES string of the molecule is CC1(C)Oc2ccc(C#N)cc2[C@H](n2cc(CO)ccc2=O)[C@H]1O. The highest BCUT2D eigenvalue weighted by Crippen LogP contribution is 2.41. The molecule has 1 aromatic heterocycles. The van der Waals surface area contributed by atoms with Crippen LogP contribution in [0.1, 0.15) is 36.6 Å². The van der Waals surface area contributed by atoms with Crippen LogP contribution in [0.3, 0.4) is 0 Å². The summed E-state index contributed by atoms with van der Waals surface area (Å²) in [5.41, 5.74) is 0.325. The van der Waals surface area contributed by atoms with Gasteiger partial charge in [-0.3, -0.25) is 4.79 Å². The molecule has 0 amide bonds. The molecule has 6 heteroatoms. The van der Waals surface area contributed by atoms with Crippen molar-refractivity contribution in [2.75, 3.05) is 0 Å². The number of rotatable bonds is 2. The number of fused-ring (bicyclic) bond motifs is 1. The first-order chi connectivity index (χ1) is 11.4. The number of pyridine rings is 1. The summed E-state index contributed by atoms with van der Waals surface area (Å²) in [6.07, 6.45) is 0.520. The third kappa shape index (κ3) is 2.58. The van der Waals surface area contributed by atoms with Crippen LogP contribution in [0, 0.1) is 11.3 Å². The fourth-order valence-corrected chi connectivity index (χ4v) is 3.00. The van der Waals surface area contributed by atoms with Gasteiger partial charge in [-0.05, 0) is 43.7 Å². The minimum atomic E-state index is -1.01. The van der Waals surface area contributed by atoms with E-state index in [1.54, 1.807) is 38.1 Å². The molecule has 0 radical (unpaired) electrons. The third-order valence-electron chi connectivity index (χ3n) is 4.32. The number of nitriles is 1. The standard InChI is InChI=1S/C18H18N2O4/c1-18(2)17(23)16(20-9-12(10-21)4-6-15(20)22)13-7-11(8-19)3-5-14(13)24-18/h3-7,9,16-17,21,23H,10H2,1-2H3/t16-,17+/m0/s1. The largest absolute Gasteiger partial charge is 0.485 e. The Bertz CT molecular complexity index is 879. The van der Waals surface area contributed by atoms with Gasteiger partial charge in [0.25, 0.3) is 5.56 Å². The quantitative estimate of drug-likeness (QED) is 0.868. The van der Waals surface area contributed by atoms with E-state index in [1.807, 2.05) is 0 Å². The van der Waals surface area contributed by atoms with Crippen LogP contribution in [0.4, 0.5) is 0 Å². The molecule has 1 aliphatic heterocycles. The van der Waals surface area contributed by atoms with Crippen LogP contribution in [0.5, 0.6) is 5.75 Å². The van der Waals surface area contributed by atoms with Gasteiger partial charge in [0.05, 0.1) is 24.3 Å². The lowest BCUT2D eigenvalue weighted by Gasteiger charge is -2.42. The summed E-state index contributed by atoms with van der Waals surface area (Å²) in [4.78, 5) is 12.4. The summed E-state index contributed by atoms with van der Waals surface area (Å²) in [5, 5.41) is 29.3. The molecule has 2 aromatic rings. The van der Waals surface area contributed by atoms with Gasteiger partial charge in [0, 0.05) is 17.8 Å². The maximum atomic E-state index is 12.4. The fourth-order valence-electron chi connectivity index (χ4n) is 3.00. The molecule has 24 heavy (non-hydrogen) atoms. The van der Waals surface area contributed by atoms with Crippen molar-refractivity contribution in [2.24, 2.45) is 0 Å². The fraction of sp³-hybridized carbons (Fsp3) is 0.333. The molecule has 6 nitrogen and oxygen atoms in total. The molecule has 0 saturated heterocycles. The number of aliphatic hydroxyl groups is 2. The van der Waals surface area contributed by atoms with Crippen LogP contribution >= 0.6 is 0 Å². The van der Waals surface area contributed by atoms with Crippen LogP contribution in [0.15, 0.2) is 41.3 Å². The average molecular weight is 326 g/mol. The number of hydrogen-bond acceptors (Lipinski definition) is 5. The number of nitrogens with zero attached hydrogens (tertiary/aromatic N) is 2. The van der Waals surface area contributed by atoms with Gasteiger partial charge in [0.2, 0.25) is 0 Å². The Morgan fingerprint density at radius 2 is 2.08 bits per heavy atom. The van der Waals surface area contributed by atoms with Crippen LogP contribution in [-0.4, -0.2) is 26.5 Å². The van der Waals surface area contributed by atoms with Crippen molar-refractivity contribution < 1.29 is 14.9 Å². The van der Waals surface area contributed by atoms with Crippen molar-refractivity contribution in [3.8, 4) is 11.8 Å². The molecule has 0 aliphatic carbocycles. The molecular formula is C18H18N2O4. The summed E-state index contributed by atoms with van der Waals surface area (Å²) in [6.45, 7) is 3.27. The van der Waals surface area contributed by atoms with Gasteiger partial charge in [-0.15, -0.1) is 0 Å². The monoisotopic (exact) mass is 326 g/mol. The van der Waals surface area contributed by atoms with Crippen molar-refractivity contribution in [1.82, 2.24) is 4.57 Å². The summed E-state index contributed by atoms with van der Waals surface area (Å²) >= 11 is 0. The minimum Gasteiger partial charge on any atom is -0.485 e. The molecule has 1 aromatic carbocycles. The van der Waals surface area contributed by atoms with E-state index in [1.165, 1.54) is 16.8 Å². The average Bonchev–Trinajstić information content (AvgIpc) is 2.56. The molecule has 2 atom stereocenters. The second kappa shape index (κ2) is 5.78. The lowest BCUT2D eigenvalue weighted by atomic mass is 9.85. The number of hydrogen-bond donors (Lipinski definition) is 2. The predicted molar refractivity (Wildman–Crippen MR) is 86.6 cm³/mol. The van der Waals surface area contributed by atoms with E-state index in [9.17, 15) is 15.0 Å². The van der Waals surface area contributed by atoms with Crippen LogP contribution in [0.25, 0.3) is 0 Å². The molecule has 0 unspecified atom stereocenters. The number of benzene rings is 1. The zero-order valence-corrected chi connectivity index (χ0v) is 13.4. The smallest absolute Gasteiger partial charge is 0.251 e. The molecule has 124 valence electrons. The number of aromatic nitrogens is 1. The van der Waals surface area contributed by atoms with Crippen LogP contribution in [-0.2, 0) is 6.61 Å². The van der Waals surface area contributed by atoms with Crippen molar-refractivity contribution in [3.05, 3.63) is 63.6 Å². The van der Waals surface area contributed by atoms with E-state index in [2.05, 4.69) is 6.07 Å². The van der Waals surface area contributed by atoms with E-state index in [0.717, 1.165) is 0 Å². The third-order valence-corrected chi connectivity index (χ3v) is 4.32. The Kier molecular flexibility index (Phi) is 3.91. The first-order valence-electron chi connectivity index (χ1n) is 7.60. The van der Waals surface area contributed by atoms with Crippen molar-refractivity contribution in [1.29, 1.82) is 5.26 Å². The van der Waals surface area contributed by atoms with E-state index in [-0.39, 0.29) is 12.2 Å². The molecule has 1 aliphatic rings. The Hall–Kier alpha value is -2.62. The van der Waals surface area contributed by atoms with Crippen LogP contribution < -0.4 is 10.3 Å². The van der Waals surface area contributed by atoms with E-state index in [4.69, 9.17) is 10.00 Å². The zero-order chi connectivity index (χ0) is 17.5. The molecule has 2 N–H and O–H groups in total. The Morgan fingerprint density at radius 1 is 1.33 bits per heavy atom. The first kappa shape index (κ1) is 16.2. The number of ether oxygens (including phenoxy) is 1. The van der Waals surface area contributed by atoms with Crippen molar-refractivity contribution in [2.45, 2.75) is 38.2 Å². The van der Waals surface area contributed by atoms with Crippen molar-refractivity contribution >= 4 is 0 Å². The second-order valence-corrected chi connectivity index (χ2v) is 6.40. The lowest BCUT2D eigenvalue weighted by molar-refractivity contribution is -0.0643. The topological polar surface area (TPSA) is 95.5 Å². The number of aliphatic hydroxyl groups excluding tert-OH is 2. The maximum Gasteiger partial charge on any atom is 0.251 e. The second-order valence-electron chi connectivity index (χ2n) is 6.40. The Balaban J connectivity index is 2.26. The minimum absolute atomic E-state index is 0.214. The Morgan fingerprint density at radius 3 is 2.75 bits per heavy atom. The highest BCUT2D eigenvalue weighted by atomic mass is 16.5. The summed E-state index contributed by atoms with van der Waals surface area (Å²) in [7, 11) is 0. The molecule has 0 bridgehead atoms. The summed E-state index contributed by atoms with van der Waals surface area (Å²) in [5.74, 6) is 0.524. The van der Waals surface area contributed by atoms with Gasteiger partial charge in [-0.25, -0.2) is 0 Å². The summed E-state index contributed by atoms with van der Waals surface area (Å²) in [6, 6.07) is 9.18. The van der Waals surface area contributed by atoms with E-state index in [0.29, 0.717) is 22.4 Å². The van der Waals surface area contributed by atoms with Gasteiger partial charge in [-0.1, -0.05) is 0 Å². The molecule has 0 spiro atoms. The maximum absolute atomic E-state index is 12.4. The molecule has 0 fully saturated rings. The van der Waals surface area contributed by atoms with Gasteiger partial charge in [0.15, 0.2) is 0 Å². The van der Waals surface area contributed by atoms with E-state index >= 15 is 0 Å². The van der Waals surface area contributed by atoms with Gasteiger partial charge in [0.1, 0.15) is 17.5 Å². The molecule has 2 heterocycles. The van der Waals surface area contributed by atoms with Crippen LogP contribution in [0.2, 0.25) is 0 Å². The normalized spacial score (nSPS) is 21.5. The first-order valence-corrected chi connectivity index (χ1v) is 7.60. The summed E-state index contributed by atoms with van der Waals surface area (Å²) < 4.78 is 7.24. The molecule has 3 rings (SSSR count). The molecule has 0 saturated carbocycles. The predicted octanol–water partition coefficient (Wildman–Crippen LogP) is 1.33. The zero-order valence-electron chi connectivity index (χ0n) is 13.4. The van der Waals surface area contributed by atoms with Gasteiger partial charge >= 0.3 is 0 Å².